The first-order valence-corrected chi connectivity index (χ1v) is 14.5. The molecular weight excluding hydrogens is 501 g/mol. The van der Waals surface area contributed by atoms with E-state index in [-0.39, 0.29) is 0 Å². The van der Waals surface area contributed by atoms with Crippen molar-refractivity contribution in [1.29, 1.82) is 0 Å². The molecule has 0 atom stereocenters. The summed E-state index contributed by atoms with van der Waals surface area (Å²) in [5, 5.41) is 0. The number of rotatable bonds is 2. The minimum atomic E-state index is -0.421. The lowest BCUT2D eigenvalue weighted by atomic mass is 9.64. The first-order valence-electron chi connectivity index (χ1n) is 14.5. The number of hydrogen-bond donors (Lipinski definition) is 0. The molecule has 3 nitrogen and oxygen atoms in total. The van der Waals surface area contributed by atoms with Gasteiger partial charge in [-0.15, -0.1) is 0 Å². The number of benzene rings is 5. The number of nitrogens with zero attached hydrogens (tertiary/aromatic N) is 1. The largest absolute Gasteiger partial charge is 0.494 e. The molecular formula is C37H32BNO2. The average Bonchev–Trinajstić information content (AvgIpc) is 3.40. The second kappa shape index (κ2) is 8.45. The van der Waals surface area contributed by atoms with Gasteiger partial charge in [0.2, 0.25) is 0 Å². The van der Waals surface area contributed by atoms with Crippen molar-refractivity contribution in [2.24, 2.45) is 0 Å². The molecule has 0 N–H and O–H groups in total. The Morgan fingerprint density at radius 2 is 0.976 bits per heavy atom. The molecule has 0 radical (unpaired) electrons. The van der Waals surface area contributed by atoms with Gasteiger partial charge >= 0.3 is 7.12 Å². The van der Waals surface area contributed by atoms with Crippen molar-refractivity contribution in [3.05, 3.63) is 144 Å². The zero-order valence-electron chi connectivity index (χ0n) is 23.9. The van der Waals surface area contributed by atoms with Gasteiger partial charge in [0, 0.05) is 5.69 Å². The van der Waals surface area contributed by atoms with Gasteiger partial charge in [-0.2, -0.15) is 0 Å². The molecule has 200 valence electrons. The van der Waals surface area contributed by atoms with Gasteiger partial charge in [0.1, 0.15) is 0 Å². The summed E-state index contributed by atoms with van der Waals surface area (Å²) in [7, 11) is -0.421. The summed E-state index contributed by atoms with van der Waals surface area (Å²) in [5.41, 5.74) is 11.2. The van der Waals surface area contributed by atoms with E-state index >= 15 is 0 Å². The molecule has 5 aromatic carbocycles. The van der Waals surface area contributed by atoms with E-state index in [0.29, 0.717) is 0 Å². The summed E-state index contributed by atoms with van der Waals surface area (Å²) in [5.74, 6) is 0. The third kappa shape index (κ3) is 3.23. The van der Waals surface area contributed by atoms with Crippen LogP contribution in [0.25, 0.3) is 11.1 Å². The first-order chi connectivity index (χ1) is 19.8. The van der Waals surface area contributed by atoms with E-state index < -0.39 is 23.7 Å². The molecule has 41 heavy (non-hydrogen) atoms. The molecule has 5 aromatic rings. The van der Waals surface area contributed by atoms with E-state index in [1.165, 1.54) is 44.8 Å². The van der Waals surface area contributed by atoms with E-state index in [1.54, 1.807) is 0 Å². The highest BCUT2D eigenvalue weighted by molar-refractivity contribution is 6.62. The lowest BCUT2D eigenvalue weighted by molar-refractivity contribution is 0.00578. The number of hydrogen-bond acceptors (Lipinski definition) is 3. The second-order valence-electron chi connectivity index (χ2n) is 12.4. The molecule has 0 amide bonds. The topological polar surface area (TPSA) is 21.7 Å². The van der Waals surface area contributed by atoms with Crippen molar-refractivity contribution < 1.29 is 9.31 Å². The normalized spacial score (nSPS) is 18.5. The Morgan fingerprint density at radius 3 is 1.51 bits per heavy atom. The van der Waals surface area contributed by atoms with Crippen LogP contribution in [0.1, 0.15) is 49.9 Å². The van der Waals surface area contributed by atoms with Crippen molar-refractivity contribution in [2.75, 3.05) is 4.90 Å². The highest BCUT2D eigenvalue weighted by Gasteiger charge is 2.53. The van der Waals surface area contributed by atoms with Crippen LogP contribution in [0.2, 0.25) is 0 Å². The second-order valence-corrected chi connectivity index (χ2v) is 12.4. The number of fused-ring (bicyclic) bond motifs is 9. The summed E-state index contributed by atoms with van der Waals surface area (Å²) in [6.45, 7) is 8.41. The molecule has 1 spiro atoms. The van der Waals surface area contributed by atoms with E-state index in [4.69, 9.17) is 9.31 Å². The fourth-order valence-electron chi connectivity index (χ4n) is 7.13. The molecule has 0 saturated carbocycles. The van der Waals surface area contributed by atoms with Gasteiger partial charge < -0.3 is 14.2 Å². The Kier molecular flexibility index (Phi) is 5.08. The minimum Gasteiger partial charge on any atom is -0.399 e. The maximum atomic E-state index is 6.44. The highest BCUT2D eigenvalue weighted by Crippen LogP contribution is 2.63. The van der Waals surface area contributed by atoms with E-state index in [1.807, 2.05) is 0 Å². The summed E-state index contributed by atoms with van der Waals surface area (Å²) in [6.07, 6.45) is 0. The zero-order valence-corrected chi connectivity index (χ0v) is 23.9. The van der Waals surface area contributed by atoms with Gasteiger partial charge in [-0.1, -0.05) is 97.1 Å². The Morgan fingerprint density at radius 1 is 0.512 bits per heavy atom. The third-order valence-corrected chi connectivity index (χ3v) is 9.70. The van der Waals surface area contributed by atoms with Gasteiger partial charge in [-0.3, -0.25) is 0 Å². The van der Waals surface area contributed by atoms with Gasteiger partial charge in [0.25, 0.3) is 0 Å². The fraction of sp³-hybridized carbons (Fsp3) is 0.189. The van der Waals surface area contributed by atoms with E-state index in [0.717, 1.165) is 11.2 Å². The Bertz CT molecular complexity index is 1730. The summed E-state index contributed by atoms with van der Waals surface area (Å²) >= 11 is 0. The van der Waals surface area contributed by atoms with Crippen molar-refractivity contribution >= 4 is 29.6 Å². The van der Waals surface area contributed by atoms with Crippen molar-refractivity contribution in [1.82, 2.24) is 0 Å². The molecule has 0 unspecified atom stereocenters. The lowest BCUT2D eigenvalue weighted by Gasteiger charge is -2.45. The zero-order chi connectivity index (χ0) is 28.0. The maximum absolute atomic E-state index is 6.44. The van der Waals surface area contributed by atoms with Crippen LogP contribution in [0.4, 0.5) is 17.1 Å². The molecule has 0 bridgehead atoms. The highest BCUT2D eigenvalue weighted by atomic mass is 16.7. The van der Waals surface area contributed by atoms with Gasteiger partial charge in [0.15, 0.2) is 0 Å². The van der Waals surface area contributed by atoms with Crippen LogP contribution in [0.15, 0.2) is 121 Å². The summed E-state index contributed by atoms with van der Waals surface area (Å²) in [6, 6.07) is 44.3. The number of anilines is 3. The predicted octanol–water partition coefficient (Wildman–Crippen LogP) is 8.13. The minimum absolute atomic E-state index is 0.395. The van der Waals surface area contributed by atoms with Gasteiger partial charge in [0.05, 0.1) is 28.0 Å². The third-order valence-electron chi connectivity index (χ3n) is 9.70. The quantitative estimate of drug-likeness (QED) is 0.210. The summed E-state index contributed by atoms with van der Waals surface area (Å²) < 4.78 is 12.9. The van der Waals surface area contributed by atoms with Crippen LogP contribution < -0.4 is 10.4 Å². The van der Waals surface area contributed by atoms with Crippen molar-refractivity contribution in [3.8, 4) is 11.1 Å². The van der Waals surface area contributed by atoms with Crippen molar-refractivity contribution in [2.45, 2.75) is 44.3 Å². The van der Waals surface area contributed by atoms with Crippen LogP contribution in [0, 0.1) is 0 Å². The Labute approximate surface area is 242 Å². The molecule has 3 aliphatic rings. The van der Waals surface area contributed by atoms with Crippen LogP contribution in [-0.2, 0) is 14.7 Å². The lowest BCUT2D eigenvalue weighted by Crippen LogP contribution is -2.41. The standard InChI is InChI=1S/C37H32BNO2/c1-35(2)36(3,4)41-38(40-35)25-14-13-15-26(24-25)39-33-22-11-9-20-31(33)37(32-21-10-12-23-34(32)39)29-18-7-5-16-27(29)28-17-6-8-19-30(28)37/h5-24H,1-4H3. The van der Waals surface area contributed by atoms with Crippen LogP contribution >= 0.6 is 0 Å². The van der Waals surface area contributed by atoms with Crippen LogP contribution in [-0.4, -0.2) is 18.3 Å². The molecule has 4 heteroatoms. The van der Waals surface area contributed by atoms with E-state index in [9.17, 15) is 0 Å². The van der Waals surface area contributed by atoms with Crippen molar-refractivity contribution in [3.63, 3.8) is 0 Å². The predicted molar refractivity (Wildman–Crippen MR) is 168 cm³/mol. The number of para-hydroxylation sites is 2. The fourth-order valence-corrected chi connectivity index (χ4v) is 7.13. The average molecular weight is 533 g/mol. The molecule has 1 saturated heterocycles. The molecule has 2 aliphatic heterocycles. The molecule has 1 fully saturated rings. The van der Waals surface area contributed by atoms with Crippen LogP contribution in [0.3, 0.4) is 0 Å². The SMILES string of the molecule is CC1(C)OB(c2cccc(N3c4ccccc4C4(c5ccccc5-c5ccccc54)c4ccccc43)c2)OC1(C)C. The molecule has 8 rings (SSSR count). The Balaban J connectivity index is 1.37. The molecule has 0 aromatic heterocycles. The first kappa shape index (κ1) is 24.7. The van der Waals surface area contributed by atoms with Crippen LogP contribution in [0.5, 0.6) is 0 Å². The summed E-state index contributed by atoms with van der Waals surface area (Å²) in [4.78, 5) is 2.41. The van der Waals surface area contributed by atoms with E-state index in [2.05, 4.69) is 154 Å². The Hall–Kier alpha value is -4.12. The van der Waals surface area contributed by atoms with Gasteiger partial charge in [-0.25, -0.2) is 0 Å². The maximum Gasteiger partial charge on any atom is 0.494 e. The monoisotopic (exact) mass is 533 g/mol. The van der Waals surface area contributed by atoms with Gasteiger partial charge in [-0.05, 0) is 90.8 Å². The smallest absolute Gasteiger partial charge is 0.399 e. The molecule has 1 aliphatic carbocycles. The molecule has 2 heterocycles.